The van der Waals surface area contributed by atoms with E-state index in [1.54, 1.807) is 6.92 Å². The zero-order valence-electron chi connectivity index (χ0n) is 17.8. The number of amides is 2. The Kier molecular flexibility index (Phi) is 5.43. The number of carbonyl (C=O) groups is 3. The van der Waals surface area contributed by atoms with Gasteiger partial charge in [-0.2, -0.15) is 0 Å². The Bertz CT molecular complexity index is 971. The Morgan fingerprint density at radius 3 is 2.13 bits per heavy atom. The van der Waals surface area contributed by atoms with Gasteiger partial charge in [0.1, 0.15) is 0 Å². The zero-order valence-corrected chi connectivity index (χ0v) is 17.8. The van der Waals surface area contributed by atoms with Crippen LogP contribution < -0.4 is 14.7 Å². The number of hydrogen-bond acceptors (Lipinski definition) is 4. The van der Waals surface area contributed by atoms with Gasteiger partial charge in [0, 0.05) is 11.3 Å². The van der Waals surface area contributed by atoms with Crippen LogP contribution in [-0.2, 0) is 9.59 Å². The van der Waals surface area contributed by atoms with Gasteiger partial charge in [-0.3, -0.25) is 14.4 Å². The summed E-state index contributed by atoms with van der Waals surface area (Å²) in [5, 5.41) is 0. The van der Waals surface area contributed by atoms with Crippen molar-refractivity contribution in [2.45, 2.75) is 33.2 Å². The highest BCUT2D eigenvalue weighted by Crippen LogP contribution is 2.29. The van der Waals surface area contributed by atoms with E-state index in [1.165, 1.54) is 9.80 Å². The molecule has 2 aliphatic rings. The molecule has 0 aliphatic carbocycles. The molecule has 2 aromatic carbocycles. The normalized spacial score (nSPS) is 20.2. The number of hydrogen-bond donors (Lipinski definition) is 1. The van der Waals surface area contributed by atoms with E-state index >= 15 is 0 Å². The molecule has 2 saturated heterocycles. The van der Waals surface area contributed by atoms with Crippen LogP contribution in [0.3, 0.4) is 0 Å². The van der Waals surface area contributed by atoms with Gasteiger partial charge in [0.25, 0.3) is 5.91 Å². The van der Waals surface area contributed by atoms with E-state index in [0.29, 0.717) is 5.56 Å². The van der Waals surface area contributed by atoms with Crippen LogP contribution in [-0.4, -0.2) is 49.8 Å². The third kappa shape index (κ3) is 3.63. The number of anilines is 2. The summed E-state index contributed by atoms with van der Waals surface area (Å²) in [6, 6.07) is 13.2. The Morgan fingerprint density at radius 1 is 0.967 bits per heavy atom. The predicted octanol–water partition coefficient (Wildman–Crippen LogP) is 1.54. The van der Waals surface area contributed by atoms with Crippen molar-refractivity contribution in [1.29, 1.82) is 0 Å². The molecule has 1 atom stereocenters. The average Bonchev–Trinajstić information content (AvgIpc) is 3.02. The molecule has 1 N–H and O–H groups in total. The lowest BCUT2D eigenvalue weighted by Gasteiger charge is -2.35. The molecule has 2 heterocycles. The molecule has 0 saturated carbocycles. The predicted molar refractivity (Wildman–Crippen MR) is 116 cm³/mol. The molecule has 0 spiro atoms. The standard InChI is InChI=1S/C24H27N3O3/c1-16-5-4-6-17(2)23(16)27-22(29)15-21(24(27)30)26-13-11-25(12-14-26)20-9-7-19(8-10-20)18(3)28/h4-10,21H,11-15H2,1-3H3/p+1/t21-/m1/s1. The number of nitrogens with one attached hydrogen (secondary N) is 1. The van der Waals surface area contributed by atoms with E-state index in [9.17, 15) is 14.4 Å². The van der Waals surface area contributed by atoms with Crippen molar-refractivity contribution in [2.75, 3.05) is 36.0 Å². The van der Waals surface area contributed by atoms with Crippen LogP contribution in [0.4, 0.5) is 11.4 Å². The first-order chi connectivity index (χ1) is 14.4. The summed E-state index contributed by atoms with van der Waals surface area (Å²) in [4.78, 5) is 42.3. The number of aryl methyl sites for hydroxylation is 2. The fraction of sp³-hybridized carbons (Fsp3) is 0.375. The van der Waals surface area contributed by atoms with Crippen LogP contribution in [0, 0.1) is 13.8 Å². The van der Waals surface area contributed by atoms with E-state index in [1.807, 2.05) is 56.3 Å². The fourth-order valence-electron chi connectivity index (χ4n) is 4.65. The molecule has 2 fully saturated rings. The quantitative estimate of drug-likeness (QED) is 0.618. The first-order valence-corrected chi connectivity index (χ1v) is 10.5. The summed E-state index contributed by atoms with van der Waals surface area (Å²) in [6.45, 7) is 8.70. The van der Waals surface area contributed by atoms with Gasteiger partial charge in [0.05, 0.1) is 38.3 Å². The second kappa shape index (κ2) is 8.03. The molecule has 0 bridgehead atoms. The smallest absolute Gasteiger partial charge is 0.292 e. The first kappa shape index (κ1) is 20.3. The lowest BCUT2D eigenvalue weighted by molar-refractivity contribution is -0.915. The fourth-order valence-corrected chi connectivity index (χ4v) is 4.65. The van der Waals surface area contributed by atoms with Gasteiger partial charge in [0.2, 0.25) is 5.91 Å². The molecular formula is C24H28N3O3+. The van der Waals surface area contributed by atoms with Gasteiger partial charge in [-0.25, -0.2) is 4.90 Å². The average molecular weight is 407 g/mol. The number of rotatable bonds is 4. The highest BCUT2D eigenvalue weighted by atomic mass is 16.2. The van der Waals surface area contributed by atoms with Crippen LogP contribution in [0.1, 0.15) is 34.8 Å². The third-order valence-electron chi connectivity index (χ3n) is 6.35. The highest BCUT2D eigenvalue weighted by Gasteiger charge is 2.47. The summed E-state index contributed by atoms with van der Waals surface area (Å²) in [5.41, 5.74) is 4.45. The maximum absolute atomic E-state index is 13.2. The summed E-state index contributed by atoms with van der Waals surface area (Å²) in [5.74, 6) is -0.113. The number of benzene rings is 2. The maximum atomic E-state index is 13.2. The molecule has 6 heteroatoms. The zero-order chi connectivity index (χ0) is 21.4. The summed E-state index contributed by atoms with van der Waals surface area (Å²) in [7, 11) is 0. The van der Waals surface area contributed by atoms with Crippen molar-refractivity contribution >= 4 is 29.0 Å². The molecule has 2 amide bonds. The molecule has 2 aromatic rings. The number of nitrogens with zero attached hydrogens (tertiary/aromatic N) is 2. The number of imide groups is 1. The maximum Gasteiger partial charge on any atom is 0.292 e. The number of quaternary nitrogens is 1. The van der Waals surface area contributed by atoms with E-state index in [-0.39, 0.29) is 30.1 Å². The minimum Gasteiger partial charge on any atom is -0.360 e. The van der Waals surface area contributed by atoms with Crippen LogP contribution in [0.5, 0.6) is 0 Å². The van der Waals surface area contributed by atoms with Crippen LogP contribution in [0.25, 0.3) is 0 Å². The molecular weight excluding hydrogens is 378 g/mol. The number of carbonyl (C=O) groups excluding carboxylic acids is 3. The second-order valence-corrected chi connectivity index (χ2v) is 8.31. The largest absolute Gasteiger partial charge is 0.360 e. The molecule has 0 aromatic heterocycles. The van der Waals surface area contributed by atoms with Gasteiger partial charge < -0.3 is 9.80 Å². The molecule has 0 radical (unpaired) electrons. The molecule has 156 valence electrons. The summed E-state index contributed by atoms with van der Waals surface area (Å²) >= 11 is 0. The van der Waals surface area contributed by atoms with Gasteiger partial charge in [-0.1, -0.05) is 18.2 Å². The van der Waals surface area contributed by atoms with Crippen molar-refractivity contribution in [3.8, 4) is 0 Å². The minimum atomic E-state index is -0.307. The first-order valence-electron chi connectivity index (χ1n) is 10.5. The number of piperazine rings is 1. The summed E-state index contributed by atoms with van der Waals surface area (Å²) < 4.78 is 0. The minimum absolute atomic E-state index is 0.0636. The Hall–Kier alpha value is -2.99. The van der Waals surface area contributed by atoms with Crippen LogP contribution >= 0.6 is 0 Å². The topological polar surface area (TPSA) is 62.1 Å². The van der Waals surface area contributed by atoms with Crippen molar-refractivity contribution in [2.24, 2.45) is 0 Å². The van der Waals surface area contributed by atoms with Crippen molar-refractivity contribution in [1.82, 2.24) is 0 Å². The molecule has 0 unspecified atom stereocenters. The van der Waals surface area contributed by atoms with Gasteiger partial charge in [-0.05, 0) is 56.2 Å². The summed E-state index contributed by atoms with van der Waals surface area (Å²) in [6.07, 6.45) is 0.273. The molecule has 6 nitrogen and oxygen atoms in total. The van der Waals surface area contributed by atoms with Crippen molar-refractivity contribution < 1.29 is 19.3 Å². The van der Waals surface area contributed by atoms with Crippen molar-refractivity contribution in [3.63, 3.8) is 0 Å². The van der Waals surface area contributed by atoms with E-state index in [0.717, 1.165) is 48.7 Å². The number of ketones is 1. The van der Waals surface area contributed by atoms with Crippen molar-refractivity contribution in [3.05, 3.63) is 59.2 Å². The molecule has 4 rings (SSSR count). The third-order valence-corrected chi connectivity index (χ3v) is 6.35. The highest BCUT2D eigenvalue weighted by molar-refractivity contribution is 6.22. The second-order valence-electron chi connectivity index (χ2n) is 8.31. The Balaban J connectivity index is 1.44. The lowest BCUT2D eigenvalue weighted by Crippen LogP contribution is -3.19. The Labute approximate surface area is 177 Å². The van der Waals surface area contributed by atoms with Gasteiger partial charge >= 0.3 is 0 Å². The number of para-hydroxylation sites is 1. The Morgan fingerprint density at radius 2 is 1.57 bits per heavy atom. The van der Waals surface area contributed by atoms with Gasteiger partial charge in [0.15, 0.2) is 11.8 Å². The van der Waals surface area contributed by atoms with Crippen LogP contribution in [0.2, 0.25) is 0 Å². The lowest BCUT2D eigenvalue weighted by atomic mass is 10.1. The van der Waals surface area contributed by atoms with E-state index in [4.69, 9.17) is 0 Å². The molecule has 2 aliphatic heterocycles. The SMILES string of the molecule is CC(=O)c1ccc(N2CC[NH+]([C@@H]3CC(=O)N(c4c(C)cccc4C)C3=O)CC2)cc1. The van der Waals surface area contributed by atoms with Gasteiger partial charge in [-0.15, -0.1) is 0 Å². The van der Waals surface area contributed by atoms with E-state index in [2.05, 4.69) is 4.90 Å². The number of Topliss-reactive ketones (excluding diaryl/α,β-unsaturated/α-hetero) is 1. The molecule has 30 heavy (non-hydrogen) atoms. The monoisotopic (exact) mass is 406 g/mol. The van der Waals surface area contributed by atoms with E-state index < -0.39 is 0 Å². The van der Waals surface area contributed by atoms with Crippen LogP contribution in [0.15, 0.2) is 42.5 Å².